The SMILES string of the molecule is CC(=O)N1c2ccc(C(=O)NC3COC3)cc2C(Nc2ccc(F)cn2)C(C)C1C1CC1. The van der Waals surface area contributed by atoms with E-state index >= 15 is 0 Å². The fraction of sp³-hybridized carbons (Fsp3) is 0.458. The molecule has 5 rings (SSSR count). The van der Waals surface area contributed by atoms with Crippen molar-refractivity contribution in [3.05, 3.63) is 53.5 Å². The molecule has 2 N–H and O–H groups in total. The van der Waals surface area contributed by atoms with Crippen molar-refractivity contribution in [2.45, 2.75) is 44.8 Å². The Bertz CT molecular complexity index is 1040. The summed E-state index contributed by atoms with van der Waals surface area (Å²) < 4.78 is 18.5. The number of aromatic nitrogens is 1. The smallest absolute Gasteiger partial charge is 0.251 e. The number of amides is 2. The summed E-state index contributed by atoms with van der Waals surface area (Å²) in [4.78, 5) is 31.6. The standard InChI is InChI=1S/C24H27FN4O3/c1-13-22(28-21-8-6-17(25)10-26-21)19-9-16(24(31)27-18-11-32-12-18)5-7-20(19)29(14(2)30)23(13)15-3-4-15/h5-10,13,15,18,22-23H,3-4,11-12H2,1-2H3,(H,26,28)(H,27,31). The third kappa shape index (κ3) is 3.83. The predicted octanol–water partition coefficient (Wildman–Crippen LogP) is 3.28. The number of rotatable bonds is 5. The van der Waals surface area contributed by atoms with Crippen molar-refractivity contribution < 1.29 is 18.7 Å². The summed E-state index contributed by atoms with van der Waals surface area (Å²) in [7, 11) is 0. The molecule has 1 saturated carbocycles. The summed E-state index contributed by atoms with van der Waals surface area (Å²) in [6.07, 6.45) is 3.38. The van der Waals surface area contributed by atoms with Crippen molar-refractivity contribution in [3.8, 4) is 0 Å². The Labute approximate surface area is 186 Å². The molecule has 1 aromatic carbocycles. The molecule has 2 aromatic rings. The average Bonchev–Trinajstić information content (AvgIpc) is 3.58. The lowest BCUT2D eigenvalue weighted by Crippen LogP contribution is -2.51. The molecule has 0 bridgehead atoms. The highest BCUT2D eigenvalue weighted by molar-refractivity contribution is 5.98. The van der Waals surface area contributed by atoms with Gasteiger partial charge in [-0.05, 0) is 54.7 Å². The first kappa shape index (κ1) is 20.9. The van der Waals surface area contributed by atoms with E-state index in [-0.39, 0.29) is 35.9 Å². The average molecular weight is 439 g/mol. The topological polar surface area (TPSA) is 83.6 Å². The molecule has 32 heavy (non-hydrogen) atoms. The van der Waals surface area contributed by atoms with Gasteiger partial charge in [0.05, 0.1) is 31.5 Å². The van der Waals surface area contributed by atoms with Gasteiger partial charge < -0.3 is 20.3 Å². The second kappa shape index (κ2) is 8.16. The van der Waals surface area contributed by atoms with Crippen LogP contribution < -0.4 is 15.5 Å². The van der Waals surface area contributed by atoms with Crippen LogP contribution in [-0.4, -0.2) is 42.1 Å². The highest BCUT2D eigenvalue weighted by Crippen LogP contribution is 2.50. The third-order valence-corrected chi connectivity index (χ3v) is 6.70. The van der Waals surface area contributed by atoms with Gasteiger partial charge in [0.15, 0.2) is 0 Å². The van der Waals surface area contributed by atoms with Crippen LogP contribution in [0.3, 0.4) is 0 Å². The van der Waals surface area contributed by atoms with E-state index in [1.165, 1.54) is 12.3 Å². The Kier molecular flexibility index (Phi) is 5.33. The largest absolute Gasteiger partial charge is 0.377 e. The van der Waals surface area contributed by atoms with E-state index in [0.717, 1.165) is 24.1 Å². The maximum atomic E-state index is 13.4. The maximum Gasteiger partial charge on any atom is 0.251 e. The first-order valence-electron chi connectivity index (χ1n) is 11.1. The molecule has 3 atom stereocenters. The van der Waals surface area contributed by atoms with Crippen molar-refractivity contribution in [3.63, 3.8) is 0 Å². The molecule has 1 aliphatic carbocycles. The number of carbonyl (C=O) groups excluding carboxylic acids is 2. The first-order chi connectivity index (χ1) is 15.4. The van der Waals surface area contributed by atoms with Gasteiger partial charge in [0, 0.05) is 30.1 Å². The number of hydrogen-bond donors (Lipinski definition) is 2. The van der Waals surface area contributed by atoms with Crippen LogP contribution in [0.5, 0.6) is 0 Å². The van der Waals surface area contributed by atoms with Crippen LogP contribution in [0.1, 0.15) is 48.7 Å². The van der Waals surface area contributed by atoms with Gasteiger partial charge in [-0.2, -0.15) is 0 Å². The lowest BCUT2D eigenvalue weighted by atomic mass is 9.79. The molecule has 2 aliphatic heterocycles. The summed E-state index contributed by atoms with van der Waals surface area (Å²) in [6.45, 7) is 4.77. The van der Waals surface area contributed by atoms with Gasteiger partial charge >= 0.3 is 0 Å². The Hall–Kier alpha value is -3.00. The molecular formula is C24H27FN4O3. The minimum absolute atomic E-state index is 0.00262. The van der Waals surface area contributed by atoms with E-state index in [0.29, 0.717) is 30.5 Å². The van der Waals surface area contributed by atoms with E-state index in [1.54, 1.807) is 19.1 Å². The first-order valence-corrected chi connectivity index (χ1v) is 11.1. The number of carbonyl (C=O) groups is 2. The molecule has 3 heterocycles. The quantitative estimate of drug-likeness (QED) is 0.749. The molecular weight excluding hydrogens is 411 g/mol. The number of fused-ring (bicyclic) bond motifs is 1. The third-order valence-electron chi connectivity index (χ3n) is 6.70. The second-order valence-electron chi connectivity index (χ2n) is 9.04. The van der Waals surface area contributed by atoms with Gasteiger partial charge in [-0.3, -0.25) is 9.59 Å². The molecule has 2 amide bonds. The summed E-state index contributed by atoms with van der Waals surface area (Å²) in [5.41, 5.74) is 2.22. The molecule has 1 saturated heterocycles. The molecule has 0 spiro atoms. The number of hydrogen-bond acceptors (Lipinski definition) is 5. The van der Waals surface area contributed by atoms with Crippen LogP contribution in [-0.2, 0) is 9.53 Å². The number of ether oxygens (including phenoxy) is 1. The summed E-state index contributed by atoms with van der Waals surface area (Å²) in [6, 6.07) is 8.40. The number of pyridine rings is 1. The number of nitrogens with one attached hydrogen (secondary N) is 2. The van der Waals surface area contributed by atoms with Crippen LogP contribution in [0, 0.1) is 17.7 Å². The van der Waals surface area contributed by atoms with Crippen molar-refractivity contribution in [2.75, 3.05) is 23.4 Å². The van der Waals surface area contributed by atoms with Crippen LogP contribution >= 0.6 is 0 Å². The zero-order chi connectivity index (χ0) is 22.4. The molecule has 2 fully saturated rings. The van der Waals surface area contributed by atoms with Gasteiger partial charge in [-0.1, -0.05) is 6.92 Å². The molecule has 1 aromatic heterocycles. The van der Waals surface area contributed by atoms with Crippen LogP contribution in [0.25, 0.3) is 0 Å². The van der Waals surface area contributed by atoms with E-state index in [4.69, 9.17) is 4.74 Å². The van der Waals surface area contributed by atoms with Crippen LogP contribution in [0.2, 0.25) is 0 Å². The Morgan fingerprint density at radius 1 is 1.19 bits per heavy atom. The van der Waals surface area contributed by atoms with E-state index in [1.807, 2.05) is 17.0 Å². The maximum absolute atomic E-state index is 13.4. The molecule has 8 heteroatoms. The highest BCUT2D eigenvalue weighted by Gasteiger charge is 2.47. The second-order valence-corrected chi connectivity index (χ2v) is 9.04. The molecule has 168 valence electrons. The van der Waals surface area contributed by atoms with Gasteiger partial charge in [-0.25, -0.2) is 9.37 Å². The minimum Gasteiger partial charge on any atom is -0.377 e. The van der Waals surface area contributed by atoms with Crippen LogP contribution in [0.4, 0.5) is 15.9 Å². The number of nitrogens with zero attached hydrogens (tertiary/aromatic N) is 2. The monoisotopic (exact) mass is 438 g/mol. The molecule has 3 aliphatic rings. The fourth-order valence-electron chi connectivity index (χ4n) is 4.92. The van der Waals surface area contributed by atoms with Crippen molar-refractivity contribution in [2.24, 2.45) is 11.8 Å². The lowest BCUT2D eigenvalue weighted by Gasteiger charge is -2.46. The Morgan fingerprint density at radius 2 is 1.97 bits per heavy atom. The fourth-order valence-corrected chi connectivity index (χ4v) is 4.92. The van der Waals surface area contributed by atoms with Gasteiger partial charge in [0.2, 0.25) is 5.91 Å². The van der Waals surface area contributed by atoms with Gasteiger partial charge in [-0.15, -0.1) is 0 Å². The zero-order valence-corrected chi connectivity index (χ0v) is 18.2. The molecule has 0 radical (unpaired) electrons. The lowest BCUT2D eigenvalue weighted by molar-refractivity contribution is -0.117. The minimum atomic E-state index is -0.398. The van der Waals surface area contributed by atoms with Crippen LogP contribution in [0.15, 0.2) is 36.5 Å². The predicted molar refractivity (Wildman–Crippen MR) is 118 cm³/mol. The normalized spacial score (nSPS) is 25.0. The number of benzene rings is 1. The summed E-state index contributed by atoms with van der Waals surface area (Å²) in [5, 5.41) is 6.42. The van der Waals surface area contributed by atoms with Crippen molar-refractivity contribution >= 4 is 23.3 Å². The van der Waals surface area contributed by atoms with Crippen molar-refractivity contribution in [1.29, 1.82) is 0 Å². The zero-order valence-electron chi connectivity index (χ0n) is 18.2. The van der Waals surface area contributed by atoms with Gasteiger partial charge in [0.25, 0.3) is 5.91 Å². The number of anilines is 2. The number of halogens is 1. The van der Waals surface area contributed by atoms with E-state index in [9.17, 15) is 14.0 Å². The van der Waals surface area contributed by atoms with E-state index in [2.05, 4.69) is 22.5 Å². The molecule has 7 nitrogen and oxygen atoms in total. The Morgan fingerprint density at radius 3 is 2.56 bits per heavy atom. The van der Waals surface area contributed by atoms with E-state index < -0.39 is 5.82 Å². The highest BCUT2D eigenvalue weighted by atomic mass is 19.1. The summed E-state index contributed by atoms with van der Waals surface area (Å²) in [5.74, 6) is 0.521. The molecule has 3 unspecified atom stereocenters. The van der Waals surface area contributed by atoms with Crippen molar-refractivity contribution in [1.82, 2.24) is 10.3 Å². The summed E-state index contributed by atoms with van der Waals surface area (Å²) >= 11 is 0. The Balaban J connectivity index is 1.54. The van der Waals surface area contributed by atoms with Gasteiger partial charge in [0.1, 0.15) is 11.6 Å².